The van der Waals surface area contributed by atoms with Crippen molar-refractivity contribution < 1.29 is 4.52 Å². The summed E-state index contributed by atoms with van der Waals surface area (Å²) >= 11 is 0. The molecule has 0 radical (unpaired) electrons. The fourth-order valence-corrected chi connectivity index (χ4v) is 3.17. The van der Waals surface area contributed by atoms with E-state index >= 15 is 0 Å². The van der Waals surface area contributed by atoms with Gasteiger partial charge in [-0.05, 0) is 45.7 Å². The number of nitrogens with zero attached hydrogens (tertiary/aromatic N) is 5. The largest absolute Gasteiger partial charge is 0.338 e. The van der Waals surface area contributed by atoms with E-state index in [0.717, 1.165) is 49.6 Å². The van der Waals surface area contributed by atoms with Gasteiger partial charge in [0.05, 0.1) is 12.9 Å². The fraction of sp³-hybridized carbons (Fsp3) is 0.667. The van der Waals surface area contributed by atoms with Gasteiger partial charge in [0.15, 0.2) is 5.82 Å². The highest BCUT2D eigenvalue weighted by molar-refractivity contribution is 5.12. The third-order valence-electron chi connectivity index (χ3n) is 5.04. The van der Waals surface area contributed by atoms with E-state index < -0.39 is 0 Å². The summed E-state index contributed by atoms with van der Waals surface area (Å²) in [6, 6.07) is 0. The highest BCUT2D eigenvalue weighted by Gasteiger charge is 2.22. The van der Waals surface area contributed by atoms with Crippen LogP contribution in [0.15, 0.2) is 15.6 Å². The molecule has 2 aromatic rings. The molecule has 0 bridgehead atoms. The summed E-state index contributed by atoms with van der Waals surface area (Å²) in [5, 5.41) is 4.02. The molecule has 0 atom stereocenters. The Bertz CT molecular complexity index is 772. The second-order valence-electron chi connectivity index (χ2n) is 7.33. The Morgan fingerprint density at radius 3 is 2.64 bits per heavy atom. The van der Waals surface area contributed by atoms with Crippen LogP contribution in [0.1, 0.15) is 55.6 Å². The van der Waals surface area contributed by atoms with Crippen LogP contribution in [-0.4, -0.2) is 37.7 Å². The first-order valence-corrected chi connectivity index (χ1v) is 9.01. The summed E-state index contributed by atoms with van der Waals surface area (Å²) in [5.74, 6) is 2.25. The van der Waals surface area contributed by atoms with Gasteiger partial charge in [-0.1, -0.05) is 19.0 Å². The lowest BCUT2D eigenvalue weighted by atomic mass is 9.96. The van der Waals surface area contributed by atoms with Crippen LogP contribution in [0.2, 0.25) is 0 Å². The molecule has 7 heteroatoms. The summed E-state index contributed by atoms with van der Waals surface area (Å²) < 4.78 is 7.09. The molecule has 1 aliphatic heterocycles. The first kappa shape index (κ1) is 17.8. The van der Waals surface area contributed by atoms with Gasteiger partial charge in [-0.25, -0.2) is 4.98 Å². The molecule has 0 saturated carbocycles. The summed E-state index contributed by atoms with van der Waals surface area (Å²) in [5.41, 5.74) is 1.65. The van der Waals surface area contributed by atoms with E-state index in [0.29, 0.717) is 18.4 Å². The molecule has 0 aromatic carbocycles. The molecule has 25 heavy (non-hydrogen) atoms. The van der Waals surface area contributed by atoms with E-state index in [9.17, 15) is 4.79 Å². The van der Waals surface area contributed by atoms with E-state index in [1.54, 1.807) is 10.9 Å². The Morgan fingerprint density at radius 1 is 1.28 bits per heavy atom. The van der Waals surface area contributed by atoms with Crippen molar-refractivity contribution in [2.24, 2.45) is 5.92 Å². The molecule has 7 nitrogen and oxygen atoms in total. The van der Waals surface area contributed by atoms with Gasteiger partial charge >= 0.3 is 0 Å². The summed E-state index contributed by atoms with van der Waals surface area (Å²) in [6.07, 6.45) is 3.80. The van der Waals surface area contributed by atoms with Crippen molar-refractivity contribution in [3.8, 4) is 0 Å². The van der Waals surface area contributed by atoms with Crippen LogP contribution in [-0.2, 0) is 13.1 Å². The van der Waals surface area contributed by atoms with Gasteiger partial charge in [0.2, 0.25) is 5.89 Å². The number of hydrogen-bond donors (Lipinski definition) is 0. The van der Waals surface area contributed by atoms with Crippen LogP contribution in [0.5, 0.6) is 0 Å². The highest BCUT2D eigenvalue weighted by Crippen LogP contribution is 2.20. The summed E-state index contributed by atoms with van der Waals surface area (Å²) in [7, 11) is 0. The molecule has 0 amide bonds. The average Bonchev–Trinajstić information content (AvgIpc) is 3.06. The van der Waals surface area contributed by atoms with E-state index in [-0.39, 0.29) is 11.5 Å². The molecule has 1 aliphatic rings. The lowest BCUT2D eigenvalue weighted by molar-refractivity contribution is 0.150. The molecule has 0 unspecified atom stereocenters. The predicted molar refractivity (Wildman–Crippen MR) is 94.4 cm³/mol. The van der Waals surface area contributed by atoms with Gasteiger partial charge in [0.1, 0.15) is 0 Å². The number of likely N-dealkylation sites (tertiary alicyclic amines) is 1. The summed E-state index contributed by atoms with van der Waals surface area (Å²) in [6.45, 7) is 11.3. The van der Waals surface area contributed by atoms with Crippen molar-refractivity contribution in [3.05, 3.63) is 39.7 Å². The lowest BCUT2D eigenvalue weighted by Crippen LogP contribution is -2.36. The normalized spacial score (nSPS) is 16.7. The van der Waals surface area contributed by atoms with Gasteiger partial charge in [-0.15, -0.1) is 0 Å². The van der Waals surface area contributed by atoms with Gasteiger partial charge in [-0.2, -0.15) is 4.98 Å². The Labute approximate surface area is 148 Å². The maximum Gasteiger partial charge on any atom is 0.256 e. The van der Waals surface area contributed by atoms with Crippen molar-refractivity contribution in [1.82, 2.24) is 24.6 Å². The molecule has 0 N–H and O–H groups in total. The SMILES string of the molecule is Cc1ncn(CC2CCN(Cc3nc(C(C)C)no3)CC2)c(=O)c1C. The highest BCUT2D eigenvalue weighted by atomic mass is 16.5. The zero-order chi connectivity index (χ0) is 18.0. The number of piperidine rings is 1. The van der Waals surface area contributed by atoms with Crippen molar-refractivity contribution in [2.75, 3.05) is 13.1 Å². The molecular formula is C18H27N5O2. The quantitative estimate of drug-likeness (QED) is 0.827. The van der Waals surface area contributed by atoms with Crippen LogP contribution < -0.4 is 5.56 Å². The lowest BCUT2D eigenvalue weighted by Gasteiger charge is -2.31. The topological polar surface area (TPSA) is 77.1 Å². The van der Waals surface area contributed by atoms with Gasteiger partial charge in [-0.3, -0.25) is 14.3 Å². The molecule has 0 aliphatic carbocycles. The Hall–Kier alpha value is -2.02. The average molecular weight is 345 g/mol. The van der Waals surface area contributed by atoms with Crippen LogP contribution in [0, 0.1) is 19.8 Å². The predicted octanol–water partition coefficient (Wildman–Crippen LogP) is 2.28. The van der Waals surface area contributed by atoms with Gasteiger partial charge < -0.3 is 4.52 Å². The standard InChI is InChI=1S/C18H27N5O2/c1-12(2)17-20-16(25-21-17)10-22-7-5-15(6-8-22)9-23-11-19-14(4)13(3)18(23)24/h11-12,15H,5-10H2,1-4H3. The third kappa shape index (κ3) is 4.15. The zero-order valence-electron chi connectivity index (χ0n) is 15.5. The maximum atomic E-state index is 12.3. The molecule has 1 saturated heterocycles. The fourth-order valence-electron chi connectivity index (χ4n) is 3.17. The molecule has 1 fully saturated rings. The first-order chi connectivity index (χ1) is 11.9. The van der Waals surface area contributed by atoms with E-state index in [4.69, 9.17) is 4.52 Å². The Kier molecular flexibility index (Phi) is 5.32. The van der Waals surface area contributed by atoms with Crippen LogP contribution in [0.4, 0.5) is 0 Å². The van der Waals surface area contributed by atoms with Gasteiger partial charge in [0.25, 0.3) is 5.56 Å². The van der Waals surface area contributed by atoms with Crippen LogP contribution >= 0.6 is 0 Å². The molecule has 3 rings (SSSR count). The van der Waals surface area contributed by atoms with Crippen molar-refractivity contribution in [1.29, 1.82) is 0 Å². The molecule has 2 aromatic heterocycles. The second-order valence-corrected chi connectivity index (χ2v) is 7.33. The Balaban J connectivity index is 1.53. The monoisotopic (exact) mass is 345 g/mol. The minimum Gasteiger partial charge on any atom is -0.338 e. The minimum absolute atomic E-state index is 0.0852. The molecule has 0 spiro atoms. The number of hydrogen-bond acceptors (Lipinski definition) is 6. The van der Waals surface area contributed by atoms with Gasteiger partial charge in [0, 0.05) is 23.7 Å². The van der Waals surface area contributed by atoms with Crippen molar-refractivity contribution in [2.45, 2.75) is 59.5 Å². The number of rotatable bonds is 5. The third-order valence-corrected chi connectivity index (χ3v) is 5.04. The maximum absolute atomic E-state index is 12.3. The number of aryl methyl sites for hydroxylation is 1. The first-order valence-electron chi connectivity index (χ1n) is 9.01. The Morgan fingerprint density at radius 2 is 2.00 bits per heavy atom. The molecular weight excluding hydrogens is 318 g/mol. The number of aromatic nitrogens is 4. The second kappa shape index (κ2) is 7.47. The minimum atomic E-state index is 0.0852. The zero-order valence-corrected chi connectivity index (χ0v) is 15.5. The van der Waals surface area contributed by atoms with Crippen molar-refractivity contribution in [3.63, 3.8) is 0 Å². The van der Waals surface area contributed by atoms with E-state index in [1.165, 1.54) is 0 Å². The molecule has 3 heterocycles. The van der Waals surface area contributed by atoms with E-state index in [2.05, 4.69) is 33.9 Å². The van der Waals surface area contributed by atoms with Crippen molar-refractivity contribution >= 4 is 0 Å². The summed E-state index contributed by atoms with van der Waals surface area (Å²) in [4.78, 5) is 23.4. The van der Waals surface area contributed by atoms with E-state index in [1.807, 2.05) is 13.8 Å². The smallest absolute Gasteiger partial charge is 0.256 e. The van der Waals surface area contributed by atoms with Crippen LogP contribution in [0.25, 0.3) is 0 Å². The molecule has 136 valence electrons. The van der Waals surface area contributed by atoms with Crippen LogP contribution in [0.3, 0.4) is 0 Å².